The van der Waals surface area contributed by atoms with Crippen LogP contribution in [0.2, 0.25) is 0 Å². The van der Waals surface area contributed by atoms with Gasteiger partial charge in [0.25, 0.3) is 11.6 Å². The molecule has 3 rings (SSSR count). The number of nitro groups is 1. The van der Waals surface area contributed by atoms with Gasteiger partial charge in [0.2, 0.25) is 0 Å². The Morgan fingerprint density at radius 2 is 1.83 bits per heavy atom. The average molecular weight is 389 g/mol. The van der Waals surface area contributed by atoms with Crippen LogP contribution in [-0.2, 0) is 6.61 Å². The topological polar surface area (TPSA) is 93.8 Å². The molecule has 0 aliphatic carbocycles. The second-order valence-corrected chi connectivity index (χ2v) is 6.35. The largest absolute Gasteiger partial charge is 0.489 e. The highest BCUT2D eigenvalue weighted by atomic mass is 16.6. The second kappa shape index (κ2) is 9.27. The standard InChI is InChI=1S/C22H19N3O4/c1-16-5-7-17(8-6-16)15-29-21-4-2-3-18(13-21)14-23-24-22(26)19-9-11-20(12-10-19)25(27)28/h2-14H,15H2,1H3,(H,24,26)/b23-14+. The van der Waals surface area contributed by atoms with Crippen molar-refractivity contribution in [3.05, 3.63) is 105 Å². The molecule has 1 N–H and O–H groups in total. The van der Waals surface area contributed by atoms with Crippen molar-refractivity contribution < 1.29 is 14.5 Å². The molecular formula is C22H19N3O4. The van der Waals surface area contributed by atoms with Gasteiger partial charge in [-0.15, -0.1) is 0 Å². The van der Waals surface area contributed by atoms with Gasteiger partial charge >= 0.3 is 0 Å². The molecule has 29 heavy (non-hydrogen) atoms. The van der Waals surface area contributed by atoms with Gasteiger partial charge in [-0.2, -0.15) is 5.10 Å². The maximum absolute atomic E-state index is 12.0. The number of hydrogen-bond acceptors (Lipinski definition) is 5. The number of carbonyl (C=O) groups excluding carboxylic acids is 1. The molecule has 7 heteroatoms. The molecule has 0 aliphatic heterocycles. The Morgan fingerprint density at radius 3 is 2.52 bits per heavy atom. The van der Waals surface area contributed by atoms with Crippen LogP contribution in [0.1, 0.15) is 27.0 Å². The summed E-state index contributed by atoms with van der Waals surface area (Å²) in [7, 11) is 0. The lowest BCUT2D eigenvalue weighted by Crippen LogP contribution is -2.17. The maximum atomic E-state index is 12.0. The summed E-state index contributed by atoms with van der Waals surface area (Å²) in [5, 5.41) is 14.6. The van der Waals surface area contributed by atoms with Crippen molar-refractivity contribution in [2.24, 2.45) is 5.10 Å². The zero-order valence-corrected chi connectivity index (χ0v) is 15.7. The number of rotatable bonds is 7. The van der Waals surface area contributed by atoms with Crippen molar-refractivity contribution in [3.63, 3.8) is 0 Å². The highest BCUT2D eigenvalue weighted by Gasteiger charge is 2.08. The Kier molecular flexibility index (Phi) is 6.32. The van der Waals surface area contributed by atoms with Gasteiger partial charge in [0.05, 0.1) is 11.1 Å². The lowest BCUT2D eigenvalue weighted by atomic mass is 10.2. The second-order valence-electron chi connectivity index (χ2n) is 6.35. The number of ether oxygens (including phenoxy) is 1. The highest BCUT2D eigenvalue weighted by Crippen LogP contribution is 2.15. The fraction of sp³-hybridized carbons (Fsp3) is 0.0909. The van der Waals surface area contributed by atoms with Crippen LogP contribution >= 0.6 is 0 Å². The molecule has 0 aliphatic rings. The Labute approximate surface area is 167 Å². The number of hydrogen-bond donors (Lipinski definition) is 1. The molecule has 0 fully saturated rings. The molecule has 0 radical (unpaired) electrons. The molecule has 0 heterocycles. The summed E-state index contributed by atoms with van der Waals surface area (Å²) in [6.07, 6.45) is 1.50. The van der Waals surface area contributed by atoms with Crippen LogP contribution in [0.5, 0.6) is 5.75 Å². The molecule has 0 aromatic heterocycles. The van der Waals surface area contributed by atoms with E-state index in [2.05, 4.69) is 10.5 Å². The van der Waals surface area contributed by atoms with E-state index in [-0.39, 0.29) is 11.3 Å². The van der Waals surface area contributed by atoms with Crippen molar-refractivity contribution in [1.82, 2.24) is 5.43 Å². The van der Waals surface area contributed by atoms with Crippen molar-refractivity contribution >= 4 is 17.8 Å². The van der Waals surface area contributed by atoms with Gasteiger partial charge in [0.15, 0.2) is 0 Å². The van der Waals surface area contributed by atoms with E-state index in [9.17, 15) is 14.9 Å². The quantitative estimate of drug-likeness (QED) is 0.371. The Hall–Kier alpha value is -4.00. The molecule has 0 spiro atoms. The Balaban J connectivity index is 1.56. The van der Waals surface area contributed by atoms with E-state index in [1.54, 1.807) is 0 Å². The fourth-order valence-corrected chi connectivity index (χ4v) is 2.50. The van der Waals surface area contributed by atoms with Crippen LogP contribution < -0.4 is 10.2 Å². The van der Waals surface area contributed by atoms with E-state index in [0.29, 0.717) is 12.4 Å². The van der Waals surface area contributed by atoms with Gasteiger partial charge in [0.1, 0.15) is 12.4 Å². The van der Waals surface area contributed by atoms with Crippen LogP contribution in [-0.4, -0.2) is 17.0 Å². The first kappa shape index (κ1) is 19.8. The number of nitro benzene ring substituents is 1. The summed E-state index contributed by atoms with van der Waals surface area (Å²) in [5.41, 5.74) is 5.63. The number of benzene rings is 3. The Bertz CT molecular complexity index is 1030. The van der Waals surface area contributed by atoms with Crippen molar-refractivity contribution in [2.45, 2.75) is 13.5 Å². The van der Waals surface area contributed by atoms with Gasteiger partial charge < -0.3 is 4.74 Å². The molecule has 0 saturated carbocycles. The van der Waals surface area contributed by atoms with E-state index in [1.165, 1.54) is 36.0 Å². The van der Waals surface area contributed by atoms with Gasteiger partial charge in [-0.05, 0) is 42.3 Å². The first-order valence-corrected chi connectivity index (χ1v) is 8.87. The number of hydrazone groups is 1. The zero-order chi connectivity index (χ0) is 20.6. The number of non-ortho nitro benzene ring substituents is 1. The van der Waals surface area contributed by atoms with E-state index >= 15 is 0 Å². The van der Waals surface area contributed by atoms with Gasteiger partial charge in [-0.3, -0.25) is 14.9 Å². The Morgan fingerprint density at radius 1 is 1.10 bits per heavy atom. The minimum atomic E-state index is -0.520. The van der Waals surface area contributed by atoms with Gasteiger partial charge in [-0.1, -0.05) is 42.0 Å². The normalized spacial score (nSPS) is 10.7. The lowest BCUT2D eigenvalue weighted by Gasteiger charge is -2.07. The smallest absolute Gasteiger partial charge is 0.271 e. The van der Waals surface area contributed by atoms with Crippen LogP contribution in [0.3, 0.4) is 0 Å². The third kappa shape index (κ3) is 5.74. The molecular weight excluding hydrogens is 370 g/mol. The van der Waals surface area contributed by atoms with E-state index in [1.807, 2.05) is 55.5 Å². The molecule has 0 bridgehead atoms. The summed E-state index contributed by atoms with van der Waals surface area (Å²) >= 11 is 0. The van der Waals surface area contributed by atoms with Crippen molar-refractivity contribution in [2.75, 3.05) is 0 Å². The van der Waals surface area contributed by atoms with Crippen LogP contribution in [0, 0.1) is 17.0 Å². The number of amides is 1. The molecule has 7 nitrogen and oxygen atoms in total. The van der Waals surface area contributed by atoms with E-state index < -0.39 is 10.8 Å². The molecule has 0 saturated heterocycles. The molecule has 1 amide bonds. The van der Waals surface area contributed by atoms with Crippen LogP contribution in [0.4, 0.5) is 5.69 Å². The van der Waals surface area contributed by atoms with E-state index in [4.69, 9.17) is 4.74 Å². The molecule has 3 aromatic carbocycles. The summed E-state index contributed by atoms with van der Waals surface area (Å²) in [6, 6.07) is 20.8. The van der Waals surface area contributed by atoms with Crippen molar-refractivity contribution in [3.8, 4) is 5.75 Å². The number of nitrogens with one attached hydrogen (secondary N) is 1. The SMILES string of the molecule is Cc1ccc(COc2cccc(/C=N/NC(=O)c3ccc([N+](=O)[O-])cc3)c2)cc1. The summed E-state index contributed by atoms with van der Waals surface area (Å²) in [6.45, 7) is 2.49. The predicted octanol–water partition coefficient (Wildman–Crippen LogP) is 4.25. The first-order chi connectivity index (χ1) is 14.0. The molecule has 0 atom stereocenters. The monoisotopic (exact) mass is 389 g/mol. The lowest BCUT2D eigenvalue weighted by molar-refractivity contribution is -0.384. The summed E-state index contributed by atoms with van der Waals surface area (Å²) in [4.78, 5) is 22.2. The third-order valence-electron chi connectivity index (χ3n) is 4.10. The number of aryl methyl sites for hydroxylation is 1. The van der Waals surface area contributed by atoms with E-state index in [0.717, 1.165) is 11.1 Å². The van der Waals surface area contributed by atoms with Gasteiger partial charge in [-0.25, -0.2) is 5.43 Å². The highest BCUT2D eigenvalue weighted by molar-refractivity contribution is 5.95. The molecule has 0 unspecified atom stereocenters. The first-order valence-electron chi connectivity index (χ1n) is 8.87. The molecule has 146 valence electrons. The van der Waals surface area contributed by atoms with Crippen LogP contribution in [0.15, 0.2) is 77.9 Å². The zero-order valence-electron chi connectivity index (χ0n) is 15.7. The minimum absolute atomic E-state index is 0.0764. The van der Waals surface area contributed by atoms with Gasteiger partial charge in [0, 0.05) is 17.7 Å². The van der Waals surface area contributed by atoms with Crippen LogP contribution in [0.25, 0.3) is 0 Å². The number of nitrogens with zero attached hydrogens (tertiary/aromatic N) is 2. The minimum Gasteiger partial charge on any atom is -0.489 e. The average Bonchev–Trinajstić information content (AvgIpc) is 2.73. The maximum Gasteiger partial charge on any atom is 0.271 e. The summed E-state index contributed by atoms with van der Waals surface area (Å²) in [5.74, 6) is 0.235. The fourth-order valence-electron chi connectivity index (χ4n) is 2.50. The third-order valence-corrected chi connectivity index (χ3v) is 4.10. The summed E-state index contributed by atoms with van der Waals surface area (Å²) < 4.78 is 5.80. The predicted molar refractivity (Wildman–Crippen MR) is 110 cm³/mol. The molecule has 3 aromatic rings. The number of carbonyl (C=O) groups is 1. The van der Waals surface area contributed by atoms with Crippen molar-refractivity contribution in [1.29, 1.82) is 0 Å².